The molecule has 0 fully saturated rings. The predicted molar refractivity (Wildman–Crippen MR) is 50.8 cm³/mol. The molecule has 1 aromatic carbocycles. The van der Waals surface area contributed by atoms with Crippen LogP contribution in [0.4, 0.5) is 8.78 Å². The maximum atomic E-state index is 12.3. The second-order valence-electron chi connectivity index (χ2n) is 3.10. The van der Waals surface area contributed by atoms with Gasteiger partial charge in [0, 0.05) is 12.1 Å². The molecule has 0 aromatic heterocycles. The molecule has 1 atom stereocenters. The number of nitrogens with two attached hydrogens (primary N) is 1. The zero-order valence-electron chi connectivity index (χ0n) is 7.86. The summed E-state index contributed by atoms with van der Waals surface area (Å²) in [5, 5.41) is 8.79. The third-order valence-electron chi connectivity index (χ3n) is 2.10. The molecule has 0 aliphatic carbocycles. The van der Waals surface area contributed by atoms with Crippen molar-refractivity contribution in [3.05, 3.63) is 35.4 Å². The van der Waals surface area contributed by atoms with Crippen molar-refractivity contribution < 1.29 is 18.7 Å². The maximum Gasteiger partial charge on any atom is 0.312 e. The molecule has 0 spiro atoms. The Morgan fingerprint density at radius 1 is 1.40 bits per heavy atom. The standard InChI is InChI=1S/C10H11F2NO2/c11-9(12)7-3-1-2-6(4-7)8(5-13)10(14)15/h1-4,8-9H,5,13H2,(H,14,15). The molecule has 0 aliphatic heterocycles. The molecule has 82 valence electrons. The van der Waals surface area contributed by atoms with Gasteiger partial charge in [0.25, 0.3) is 6.43 Å². The summed E-state index contributed by atoms with van der Waals surface area (Å²) in [6.07, 6.45) is -2.60. The van der Waals surface area contributed by atoms with E-state index in [-0.39, 0.29) is 12.1 Å². The highest BCUT2D eigenvalue weighted by Crippen LogP contribution is 2.23. The van der Waals surface area contributed by atoms with Crippen molar-refractivity contribution in [3.63, 3.8) is 0 Å². The highest BCUT2D eigenvalue weighted by Gasteiger charge is 2.19. The monoisotopic (exact) mass is 215 g/mol. The molecule has 0 saturated carbocycles. The first-order valence-electron chi connectivity index (χ1n) is 4.37. The van der Waals surface area contributed by atoms with Gasteiger partial charge in [-0.1, -0.05) is 18.2 Å². The summed E-state index contributed by atoms with van der Waals surface area (Å²) < 4.78 is 24.7. The van der Waals surface area contributed by atoms with Crippen LogP contribution in [0.2, 0.25) is 0 Å². The molecule has 1 rings (SSSR count). The quantitative estimate of drug-likeness (QED) is 0.804. The summed E-state index contributed by atoms with van der Waals surface area (Å²) in [4.78, 5) is 10.7. The van der Waals surface area contributed by atoms with Crippen LogP contribution < -0.4 is 5.73 Å². The number of carbonyl (C=O) groups is 1. The van der Waals surface area contributed by atoms with E-state index in [0.717, 1.165) is 0 Å². The molecule has 0 bridgehead atoms. The summed E-state index contributed by atoms with van der Waals surface area (Å²) in [5.41, 5.74) is 5.38. The number of aliphatic carboxylic acids is 1. The number of hydrogen-bond donors (Lipinski definition) is 2. The van der Waals surface area contributed by atoms with E-state index in [2.05, 4.69) is 0 Å². The second-order valence-corrected chi connectivity index (χ2v) is 3.10. The summed E-state index contributed by atoms with van der Waals surface area (Å²) in [6.45, 7) is -0.109. The zero-order chi connectivity index (χ0) is 11.4. The van der Waals surface area contributed by atoms with Crippen LogP contribution in [0.5, 0.6) is 0 Å². The highest BCUT2D eigenvalue weighted by atomic mass is 19.3. The third-order valence-corrected chi connectivity index (χ3v) is 2.10. The van der Waals surface area contributed by atoms with Gasteiger partial charge >= 0.3 is 5.97 Å². The van der Waals surface area contributed by atoms with Gasteiger partial charge in [0.1, 0.15) is 0 Å². The molecule has 1 aromatic rings. The van der Waals surface area contributed by atoms with E-state index in [0.29, 0.717) is 5.56 Å². The first kappa shape index (κ1) is 11.6. The third kappa shape index (κ3) is 2.73. The topological polar surface area (TPSA) is 63.3 Å². The zero-order valence-corrected chi connectivity index (χ0v) is 7.86. The summed E-state index contributed by atoms with van der Waals surface area (Å²) >= 11 is 0. The van der Waals surface area contributed by atoms with Crippen LogP contribution in [0, 0.1) is 0 Å². The number of carboxylic acids is 1. The Labute approximate surface area is 85.5 Å². The highest BCUT2D eigenvalue weighted by molar-refractivity contribution is 5.76. The SMILES string of the molecule is NCC(C(=O)O)c1cccc(C(F)F)c1. The van der Waals surface area contributed by atoms with E-state index in [9.17, 15) is 13.6 Å². The summed E-state index contributed by atoms with van der Waals surface area (Å²) in [6, 6.07) is 5.32. The molecule has 1 unspecified atom stereocenters. The number of halogens is 2. The van der Waals surface area contributed by atoms with Gasteiger partial charge < -0.3 is 10.8 Å². The Morgan fingerprint density at radius 2 is 2.00 bits per heavy atom. The average molecular weight is 215 g/mol. The van der Waals surface area contributed by atoms with E-state index in [4.69, 9.17) is 10.8 Å². The van der Waals surface area contributed by atoms with Crippen LogP contribution in [0.1, 0.15) is 23.5 Å². The largest absolute Gasteiger partial charge is 0.481 e. The van der Waals surface area contributed by atoms with Gasteiger partial charge in [-0.15, -0.1) is 0 Å². The van der Waals surface area contributed by atoms with E-state index in [1.807, 2.05) is 0 Å². The van der Waals surface area contributed by atoms with Gasteiger partial charge in [-0.25, -0.2) is 8.78 Å². The van der Waals surface area contributed by atoms with E-state index in [1.165, 1.54) is 24.3 Å². The van der Waals surface area contributed by atoms with Crippen molar-refractivity contribution in [1.82, 2.24) is 0 Å². The van der Waals surface area contributed by atoms with Crippen LogP contribution in [0.3, 0.4) is 0 Å². The molecule has 3 N–H and O–H groups in total. The predicted octanol–water partition coefficient (Wildman–Crippen LogP) is 1.75. The molecular formula is C10H11F2NO2. The van der Waals surface area contributed by atoms with E-state index >= 15 is 0 Å². The van der Waals surface area contributed by atoms with Gasteiger partial charge in [-0.3, -0.25) is 4.79 Å². The van der Waals surface area contributed by atoms with Crippen molar-refractivity contribution >= 4 is 5.97 Å². The second kappa shape index (κ2) is 4.84. The minimum Gasteiger partial charge on any atom is -0.481 e. The van der Waals surface area contributed by atoms with Crippen molar-refractivity contribution in [1.29, 1.82) is 0 Å². The van der Waals surface area contributed by atoms with Crippen molar-refractivity contribution in [2.45, 2.75) is 12.3 Å². The molecular weight excluding hydrogens is 204 g/mol. The normalized spacial score (nSPS) is 12.8. The van der Waals surface area contributed by atoms with Crippen molar-refractivity contribution in [2.75, 3.05) is 6.54 Å². The van der Waals surface area contributed by atoms with E-state index in [1.54, 1.807) is 0 Å². The van der Waals surface area contributed by atoms with Crippen molar-refractivity contribution in [3.8, 4) is 0 Å². The fraction of sp³-hybridized carbons (Fsp3) is 0.300. The molecule has 0 amide bonds. The minimum absolute atomic E-state index is 0.109. The fourth-order valence-corrected chi connectivity index (χ4v) is 1.29. The Kier molecular flexibility index (Phi) is 3.74. The minimum atomic E-state index is -2.60. The Morgan fingerprint density at radius 3 is 2.47 bits per heavy atom. The number of carboxylic acid groups (broad SMARTS) is 1. The van der Waals surface area contributed by atoms with Crippen LogP contribution in [0.25, 0.3) is 0 Å². The molecule has 0 radical (unpaired) electrons. The molecule has 5 heteroatoms. The lowest BCUT2D eigenvalue weighted by atomic mass is 9.98. The van der Waals surface area contributed by atoms with E-state index < -0.39 is 18.3 Å². The molecule has 0 aliphatic rings. The molecule has 3 nitrogen and oxygen atoms in total. The molecule has 0 saturated heterocycles. The first-order valence-corrected chi connectivity index (χ1v) is 4.37. The van der Waals surface area contributed by atoms with Gasteiger partial charge in [0.15, 0.2) is 0 Å². The van der Waals surface area contributed by atoms with Gasteiger partial charge in [0.05, 0.1) is 5.92 Å². The lowest BCUT2D eigenvalue weighted by molar-refractivity contribution is -0.138. The van der Waals surface area contributed by atoms with Crippen LogP contribution in [-0.2, 0) is 4.79 Å². The Bertz CT molecular complexity index is 355. The van der Waals surface area contributed by atoms with Gasteiger partial charge in [-0.05, 0) is 11.6 Å². The fourth-order valence-electron chi connectivity index (χ4n) is 1.29. The van der Waals surface area contributed by atoms with Gasteiger partial charge in [-0.2, -0.15) is 0 Å². The average Bonchev–Trinajstić information content (AvgIpc) is 2.18. The van der Waals surface area contributed by atoms with Crippen molar-refractivity contribution in [2.24, 2.45) is 5.73 Å². The molecule has 0 heterocycles. The number of hydrogen-bond acceptors (Lipinski definition) is 2. The maximum absolute atomic E-state index is 12.3. The summed E-state index contributed by atoms with van der Waals surface area (Å²) in [7, 11) is 0. The lowest BCUT2D eigenvalue weighted by Gasteiger charge is -2.11. The Hall–Kier alpha value is -1.49. The smallest absolute Gasteiger partial charge is 0.312 e. The molecule has 15 heavy (non-hydrogen) atoms. The number of alkyl halides is 2. The van der Waals surface area contributed by atoms with Crippen LogP contribution >= 0.6 is 0 Å². The van der Waals surface area contributed by atoms with Crippen LogP contribution in [-0.4, -0.2) is 17.6 Å². The number of benzene rings is 1. The Balaban J connectivity index is 3.03. The van der Waals surface area contributed by atoms with Gasteiger partial charge in [0.2, 0.25) is 0 Å². The first-order chi connectivity index (χ1) is 7.06. The van der Waals surface area contributed by atoms with Crippen LogP contribution in [0.15, 0.2) is 24.3 Å². The number of rotatable bonds is 4. The summed E-state index contributed by atoms with van der Waals surface area (Å²) in [5.74, 6) is -2.03. The lowest BCUT2D eigenvalue weighted by Crippen LogP contribution is -2.21.